The Kier molecular flexibility index (Phi) is 2.46. The highest BCUT2D eigenvalue weighted by Crippen LogP contribution is 2.27. The summed E-state index contributed by atoms with van der Waals surface area (Å²) < 4.78 is 1.83. The smallest absolute Gasteiger partial charge is 0.118 e. The van der Waals surface area contributed by atoms with Crippen LogP contribution < -0.4 is 0 Å². The van der Waals surface area contributed by atoms with Crippen molar-refractivity contribution in [2.45, 2.75) is 31.2 Å². The lowest BCUT2D eigenvalue weighted by molar-refractivity contribution is 0.595. The molecule has 0 aliphatic heterocycles. The summed E-state index contributed by atoms with van der Waals surface area (Å²) in [5.41, 5.74) is 2.54. The first-order chi connectivity index (χ1) is 7.02. The van der Waals surface area contributed by atoms with E-state index in [2.05, 4.69) is 36.9 Å². The molecule has 80 valence electrons. The van der Waals surface area contributed by atoms with Gasteiger partial charge in [0, 0.05) is 5.56 Å². The molecule has 15 heavy (non-hydrogen) atoms. The standard InChI is InChI=1S/C11H15N3S/c1-11(2,3)8-6-13-14-7-12-10(15-4)5-9(8)14/h5-7H,1-4H3. The fourth-order valence-corrected chi connectivity index (χ4v) is 1.94. The Hall–Kier alpha value is -1.03. The van der Waals surface area contributed by atoms with Crippen molar-refractivity contribution in [1.82, 2.24) is 14.6 Å². The van der Waals surface area contributed by atoms with Crippen molar-refractivity contribution >= 4 is 17.3 Å². The first-order valence-corrected chi connectivity index (χ1v) is 6.12. The van der Waals surface area contributed by atoms with Gasteiger partial charge in [0.05, 0.1) is 16.7 Å². The van der Waals surface area contributed by atoms with Crippen LogP contribution in [-0.4, -0.2) is 20.9 Å². The Morgan fingerprint density at radius 3 is 2.67 bits per heavy atom. The molecular formula is C11H15N3S. The molecule has 0 aromatic carbocycles. The van der Waals surface area contributed by atoms with E-state index in [1.807, 2.05) is 17.0 Å². The number of fused-ring (bicyclic) bond motifs is 1. The summed E-state index contributed by atoms with van der Waals surface area (Å²) in [6.45, 7) is 6.59. The van der Waals surface area contributed by atoms with Crippen LogP contribution in [0.4, 0.5) is 0 Å². The van der Waals surface area contributed by atoms with E-state index in [1.165, 1.54) is 5.56 Å². The van der Waals surface area contributed by atoms with Crippen molar-refractivity contribution < 1.29 is 0 Å². The van der Waals surface area contributed by atoms with E-state index in [-0.39, 0.29) is 5.41 Å². The van der Waals surface area contributed by atoms with Crippen LogP contribution in [0.5, 0.6) is 0 Å². The third-order valence-electron chi connectivity index (χ3n) is 2.41. The molecule has 0 saturated heterocycles. The van der Waals surface area contributed by atoms with Crippen molar-refractivity contribution in [3.05, 3.63) is 24.2 Å². The maximum Gasteiger partial charge on any atom is 0.118 e. The predicted octanol–water partition coefficient (Wildman–Crippen LogP) is 2.75. The molecule has 0 radical (unpaired) electrons. The number of hydrogen-bond donors (Lipinski definition) is 0. The Morgan fingerprint density at radius 1 is 1.33 bits per heavy atom. The fraction of sp³-hybridized carbons (Fsp3) is 0.455. The highest BCUT2D eigenvalue weighted by atomic mass is 32.2. The average Bonchev–Trinajstić information content (AvgIpc) is 2.59. The molecule has 0 saturated carbocycles. The molecule has 2 aromatic rings. The molecule has 0 bridgehead atoms. The summed E-state index contributed by atoms with van der Waals surface area (Å²) >= 11 is 1.65. The Morgan fingerprint density at radius 2 is 2.07 bits per heavy atom. The molecule has 2 heterocycles. The van der Waals surface area contributed by atoms with Gasteiger partial charge < -0.3 is 0 Å². The van der Waals surface area contributed by atoms with Crippen molar-refractivity contribution in [2.75, 3.05) is 6.26 Å². The van der Waals surface area contributed by atoms with Crippen LogP contribution in [0, 0.1) is 0 Å². The van der Waals surface area contributed by atoms with Crippen LogP contribution >= 0.6 is 11.8 Å². The molecule has 2 rings (SSSR count). The molecule has 0 fully saturated rings. The van der Waals surface area contributed by atoms with E-state index < -0.39 is 0 Å². The molecule has 4 heteroatoms. The molecule has 0 aliphatic rings. The molecular weight excluding hydrogens is 206 g/mol. The van der Waals surface area contributed by atoms with Crippen LogP contribution in [0.1, 0.15) is 26.3 Å². The van der Waals surface area contributed by atoms with Crippen molar-refractivity contribution in [1.29, 1.82) is 0 Å². The zero-order valence-corrected chi connectivity index (χ0v) is 10.3. The molecule has 2 aromatic heterocycles. The van der Waals surface area contributed by atoms with Gasteiger partial charge in [0.2, 0.25) is 0 Å². The van der Waals surface area contributed by atoms with E-state index in [9.17, 15) is 0 Å². The minimum Gasteiger partial charge on any atom is -0.230 e. The summed E-state index contributed by atoms with van der Waals surface area (Å²) in [5.74, 6) is 0. The van der Waals surface area contributed by atoms with Crippen LogP contribution in [0.3, 0.4) is 0 Å². The number of hydrogen-bond acceptors (Lipinski definition) is 3. The summed E-state index contributed by atoms with van der Waals surface area (Å²) in [4.78, 5) is 4.28. The molecule has 0 spiro atoms. The first-order valence-electron chi connectivity index (χ1n) is 4.90. The van der Waals surface area contributed by atoms with Gasteiger partial charge in [-0.25, -0.2) is 9.50 Å². The third-order valence-corrected chi connectivity index (χ3v) is 3.05. The molecule has 0 amide bonds. The van der Waals surface area contributed by atoms with Crippen LogP contribution in [-0.2, 0) is 5.41 Å². The normalized spacial score (nSPS) is 12.3. The number of nitrogens with zero attached hydrogens (tertiary/aromatic N) is 3. The second-order valence-electron chi connectivity index (χ2n) is 4.57. The highest BCUT2D eigenvalue weighted by Gasteiger charge is 2.19. The number of thioether (sulfide) groups is 1. The van der Waals surface area contributed by atoms with Gasteiger partial charge >= 0.3 is 0 Å². The average molecular weight is 221 g/mol. The Balaban J connectivity index is 2.67. The van der Waals surface area contributed by atoms with Crippen molar-refractivity contribution in [3.8, 4) is 0 Å². The minimum atomic E-state index is 0.124. The van der Waals surface area contributed by atoms with Crippen molar-refractivity contribution in [3.63, 3.8) is 0 Å². The highest BCUT2D eigenvalue weighted by molar-refractivity contribution is 7.98. The topological polar surface area (TPSA) is 30.2 Å². The maximum absolute atomic E-state index is 4.31. The van der Waals surface area contributed by atoms with Gasteiger partial charge in [-0.2, -0.15) is 5.10 Å². The molecule has 0 atom stereocenters. The SMILES string of the molecule is CSc1cc2c(C(C)(C)C)cnn2cn1. The van der Waals surface area contributed by atoms with E-state index in [0.29, 0.717) is 0 Å². The third kappa shape index (κ3) is 1.86. The molecule has 0 aliphatic carbocycles. The fourth-order valence-electron chi connectivity index (χ4n) is 1.56. The van der Waals surface area contributed by atoms with Gasteiger partial charge in [-0.3, -0.25) is 0 Å². The summed E-state index contributed by atoms with van der Waals surface area (Å²) in [7, 11) is 0. The van der Waals surface area contributed by atoms with Gasteiger partial charge in [0.1, 0.15) is 6.33 Å². The van der Waals surface area contributed by atoms with Gasteiger partial charge in [-0.15, -0.1) is 11.8 Å². The summed E-state index contributed by atoms with van der Waals surface area (Å²) in [6, 6.07) is 2.10. The molecule has 0 N–H and O–H groups in total. The minimum absolute atomic E-state index is 0.124. The lowest BCUT2D eigenvalue weighted by atomic mass is 9.88. The number of rotatable bonds is 1. The zero-order valence-electron chi connectivity index (χ0n) is 9.48. The second-order valence-corrected chi connectivity index (χ2v) is 5.40. The summed E-state index contributed by atoms with van der Waals surface area (Å²) in [5, 5.41) is 5.34. The maximum atomic E-state index is 4.31. The lowest BCUT2D eigenvalue weighted by Gasteiger charge is -2.16. The van der Waals surface area contributed by atoms with Crippen LogP contribution in [0.25, 0.3) is 5.52 Å². The monoisotopic (exact) mass is 221 g/mol. The first kappa shape index (κ1) is 10.5. The van der Waals surface area contributed by atoms with Gasteiger partial charge in [0.25, 0.3) is 0 Å². The van der Waals surface area contributed by atoms with Gasteiger partial charge in [-0.05, 0) is 17.7 Å². The number of aromatic nitrogens is 3. The van der Waals surface area contributed by atoms with E-state index in [4.69, 9.17) is 0 Å². The van der Waals surface area contributed by atoms with E-state index in [1.54, 1.807) is 18.1 Å². The predicted molar refractivity (Wildman–Crippen MR) is 63.5 cm³/mol. The second kappa shape index (κ2) is 3.52. The Bertz CT molecular complexity index is 482. The van der Waals surface area contributed by atoms with Crippen LogP contribution in [0.2, 0.25) is 0 Å². The van der Waals surface area contributed by atoms with Crippen LogP contribution in [0.15, 0.2) is 23.6 Å². The quantitative estimate of drug-likeness (QED) is 0.548. The lowest BCUT2D eigenvalue weighted by Crippen LogP contribution is -2.10. The van der Waals surface area contributed by atoms with E-state index >= 15 is 0 Å². The zero-order chi connectivity index (χ0) is 11.1. The molecule has 0 unspecified atom stereocenters. The van der Waals surface area contributed by atoms with E-state index in [0.717, 1.165) is 10.5 Å². The largest absolute Gasteiger partial charge is 0.230 e. The van der Waals surface area contributed by atoms with Gasteiger partial charge in [0.15, 0.2) is 0 Å². The Labute approximate surface area is 93.9 Å². The van der Waals surface area contributed by atoms with Gasteiger partial charge in [-0.1, -0.05) is 20.8 Å². The summed E-state index contributed by atoms with van der Waals surface area (Å²) in [6.07, 6.45) is 5.74. The van der Waals surface area contributed by atoms with Crippen molar-refractivity contribution in [2.24, 2.45) is 0 Å². The molecule has 3 nitrogen and oxygen atoms in total.